The quantitative estimate of drug-likeness (QED) is 0.586. The van der Waals surface area contributed by atoms with Crippen LogP contribution in [0.15, 0.2) is 56.9 Å². The van der Waals surface area contributed by atoms with Crippen LogP contribution in [-0.2, 0) is 0 Å². The molecule has 0 unspecified atom stereocenters. The maximum absolute atomic E-state index is 11.7. The summed E-state index contributed by atoms with van der Waals surface area (Å²) < 4.78 is 1.93. The second kappa shape index (κ2) is 6.31. The number of allylic oxidation sites excluding steroid dienone is 1. The molecule has 0 radical (unpaired) electrons. The van der Waals surface area contributed by atoms with E-state index in [-0.39, 0.29) is 5.78 Å². The van der Waals surface area contributed by atoms with Gasteiger partial charge < -0.3 is 5.32 Å². The van der Waals surface area contributed by atoms with Gasteiger partial charge in [0.05, 0.1) is 10.6 Å². The van der Waals surface area contributed by atoms with Gasteiger partial charge in [-0.3, -0.25) is 4.79 Å². The molecule has 0 spiro atoms. The number of carbonyl (C=O) groups is 1. The zero-order chi connectivity index (χ0) is 13.0. The van der Waals surface area contributed by atoms with E-state index in [1.165, 1.54) is 17.4 Å². The molecule has 5 heteroatoms. The highest BCUT2D eigenvalue weighted by molar-refractivity contribution is 9.11. The summed E-state index contributed by atoms with van der Waals surface area (Å²) in [7, 11) is 0. The zero-order valence-corrected chi connectivity index (χ0v) is 13.2. The minimum atomic E-state index is 0.00531. The molecule has 18 heavy (non-hydrogen) atoms. The second-order valence-electron chi connectivity index (χ2n) is 3.44. The molecule has 92 valence electrons. The van der Waals surface area contributed by atoms with Gasteiger partial charge >= 0.3 is 0 Å². The highest BCUT2D eigenvalue weighted by Gasteiger charge is 2.02. The van der Waals surface area contributed by atoms with Crippen LogP contribution in [0.5, 0.6) is 0 Å². The Hall–Kier alpha value is -0.910. The minimum absolute atomic E-state index is 0.00531. The van der Waals surface area contributed by atoms with Crippen LogP contribution in [0.2, 0.25) is 0 Å². The molecule has 1 aromatic heterocycles. The lowest BCUT2D eigenvalue weighted by molar-refractivity contribution is 0.105. The van der Waals surface area contributed by atoms with Gasteiger partial charge in [0.2, 0.25) is 0 Å². The number of hydrogen-bond donors (Lipinski definition) is 1. The van der Waals surface area contributed by atoms with Crippen molar-refractivity contribution in [2.45, 2.75) is 0 Å². The molecule has 2 aromatic rings. The van der Waals surface area contributed by atoms with Gasteiger partial charge in [-0.05, 0) is 45.6 Å². The normalized spacial score (nSPS) is 10.8. The molecule has 2 nitrogen and oxygen atoms in total. The van der Waals surface area contributed by atoms with E-state index in [1.54, 1.807) is 6.20 Å². The highest BCUT2D eigenvalue weighted by Crippen LogP contribution is 2.26. The van der Waals surface area contributed by atoms with Crippen molar-refractivity contribution >= 4 is 54.7 Å². The van der Waals surface area contributed by atoms with E-state index in [2.05, 4.69) is 37.2 Å². The predicted molar refractivity (Wildman–Crippen MR) is 83.3 cm³/mol. The molecule has 0 amide bonds. The van der Waals surface area contributed by atoms with Crippen LogP contribution in [-0.4, -0.2) is 5.78 Å². The number of benzene rings is 1. The molecule has 0 bridgehead atoms. The summed E-state index contributed by atoms with van der Waals surface area (Å²) in [5, 5.41) is 4.96. The van der Waals surface area contributed by atoms with Crippen LogP contribution in [0.1, 0.15) is 9.67 Å². The largest absolute Gasteiger partial charge is 0.361 e. The number of anilines is 1. The lowest BCUT2D eigenvalue weighted by atomic mass is 10.3. The summed E-state index contributed by atoms with van der Waals surface area (Å²) in [4.78, 5) is 12.4. The van der Waals surface area contributed by atoms with Crippen LogP contribution < -0.4 is 5.32 Å². The van der Waals surface area contributed by atoms with Crippen molar-refractivity contribution in [2.75, 3.05) is 5.32 Å². The average Bonchev–Trinajstić information content (AvgIpc) is 2.85. The fourth-order valence-corrected chi connectivity index (χ4v) is 3.12. The number of thiophene rings is 1. The van der Waals surface area contributed by atoms with Crippen molar-refractivity contribution in [1.82, 2.24) is 0 Å². The van der Waals surface area contributed by atoms with Crippen LogP contribution in [0.25, 0.3) is 0 Å². The van der Waals surface area contributed by atoms with Gasteiger partial charge in [-0.15, -0.1) is 11.3 Å². The third kappa shape index (κ3) is 3.54. The monoisotopic (exact) mass is 385 g/mol. The van der Waals surface area contributed by atoms with Gasteiger partial charge in [-0.2, -0.15) is 0 Å². The Kier molecular flexibility index (Phi) is 4.74. The van der Waals surface area contributed by atoms with Gasteiger partial charge in [0, 0.05) is 21.2 Å². The summed E-state index contributed by atoms with van der Waals surface area (Å²) in [5.41, 5.74) is 0.911. The van der Waals surface area contributed by atoms with Gasteiger partial charge in [-0.25, -0.2) is 0 Å². The molecule has 0 atom stereocenters. The summed E-state index contributed by atoms with van der Waals surface area (Å²) >= 11 is 8.27. The average molecular weight is 387 g/mol. The van der Waals surface area contributed by atoms with Gasteiger partial charge in [0.15, 0.2) is 5.78 Å². The lowest BCUT2D eigenvalue weighted by Gasteiger charge is -2.03. The Balaban J connectivity index is 2.01. The van der Waals surface area contributed by atoms with Crippen molar-refractivity contribution in [2.24, 2.45) is 0 Å². The smallest absolute Gasteiger partial charge is 0.197 e. The number of rotatable bonds is 4. The standard InChI is InChI=1S/C13H9Br2NOS/c14-9-3-4-11(10(15)8-9)16-6-5-12(17)13-2-1-7-18-13/h1-8,16H/b6-5+. The van der Waals surface area contributed by atoms with E-state index < -0.39 is 0 Å². The highest BCUT2D eigenvalue weighted by atomic mass is 79.9. The third-order valence-electron chi connectivity index (χ3n) is 2.17. The number of hydrogen-bond acceptors (Lipinski definition) is 3. The Morgan fingerprint density at radius 3 is 2.78 bits per heavy atom. The van der Waals surface area contributed by atoms with Crippen LogP contribution in [0.4, 0.5) is 5.69 Å². The molecule has 0 aliphatic rings. The Labute approximate surface area is 126 Å². The topological polar surface area (TPSA) is 29.1 Å². The molecular weight excluding hydrogens is 378 g/mol. The van der Waals surface area contributed by atoms with Crippen LogP contribution in [0, 0.1) is 0 Å². The van der Waals surface area contributed by atoms with Gasteiger partial charge in [0.1, 0.15) is 0 Å². The predicted octanol–water partition coefficient (Wildman–Crippen LogP) is 5.08. The molecule has 0 saturated heterocycles. The van der Waals surface area contributed by atoms with E-state index >= 15 is 0 Å². The summed E-state index contributed by atoms with van der Waals surface area (Å²) in [6.07, 6.45) is 3.18. The maximum atomic E-state index is 11.7. The second-order valence-corrected chi connectivity index (χ2v) is 6.16. The van der Waals surface area contributed by atoms with Crippen molar-refractivity contribution < 1.29 is 4.79 Å². The first-order valence-electron chi connectivity index (χ1n) is 5.13. The molecule has 0 aliphatic heterocycles. The lowest BCUT2D eigenvalue weighted by Crippen LogP contribution is -1.93. The van der Waals surface area contributed by atoms with E-state index in [0.29, 0.717) is 0 Å². The van der Waals surface area contributed by atoms with E-state index in [4.69, 9.17) is 0 Å². The van der Waals surface area contributed by atoms with Gasteiger partial charge in [-0.1, -0.05) is 22.0 Å². The molecule has 0 aliphatic carbocycles. The van der Waals surface area contributed by atoms with Crippen molar-refractivity contribution in [1.29, 1.82) is 0 Å². The van der Waals surface area contributed by atoms with Gasteiger partial charge in [0.25, 0.3) is 0 Å². The van der Waals surface area contributed by atoms with Crippen LogP contribution >= 0.6 is 43.2 Å². The molecule has 1 N–H and O–H groups in total. The Morgan fingerprint density at radius 1 is 1.28 bits per heavy atom. The van der Waals surface area contributed by atoms with Crippen molar-refractivity contribution in [3.63, 3.8) is 0 Å². The fourth-order valence-electron chi connectivity index (χ4n) is 1.31. The molecule has 1 aromatic carbocycles. The maximum Gasteiger partial charge on any atom is 0.197 e. The number of carbonyl (C=O) groups excluding carboxylic acids is 1. The number of ketones is 1. The SMILES string of the molecule is O=C(/C=C/Nc1ccc(Br)cc1Br)c1cccs1. The Morgan fingerprint density at radius 2 is 2.11 bits per heavy atom. The Bertz CT molecular complexity index is 579. The molecule has 2 rings (SSSR count). The number of halogens is 2. The first-order chi connectivity index (χ1) is 8.66. The zero-order valence-electron chi connectivity index (χ0n) is 9.19. The summed E-state index contributed by atoms with van der Waals surface area (Å²) in [6, 6.07) is 9.48. The van der Waals surface area contributed by atoms with Crippen molar-refractivity contribution in [3.8, 4) is 0 Å². The van der Waals surface area contributed by atoms with E-state index in [0.717, 1.165) is 19.5 Å². The minimum Gasteiger partial charge on any atom is -0.361 e. The first kappa shape index (κ1) is 13.5. The van der Waals surface area contributed by atoms with Crippen molar-refractivity contribution in [3.05, 3.63) is 61.8 Å². The summed E-state index contributed by atoms with van der Waals surface area (Å²) in [6.45, 7) is 0. The van der Waals surface area contributed by atoms with E-state index in [1.807, 2.05) is 35.7 Å². The van der Waals surface area contributed by atoms with Crippen LogP contribution in [0.3, 0.4) is 0 Å². The van der Waals surface area contributed by atoms with E-state index in [9.17, 15) is 4.79 Å². The molecular formula is C13H9Br2NOS. The fraction of sp³-hybridized carbons (Fsp3) is 0. The third-order valence-corrected chi connectivity index (χ3v) is 4.20. The molecule has 1 heterocycles. The molecule has 0 fully saturated rings. The summed E-state index contributed by atoms with van der Waals surface area (Å²) in [5.74, 6) is 0.00531. The first-order valence-corrected chi connectivity index (χ1v) is 7.59. The molecule has 0 saturated carbocycles. The number of nitrogens with one attached hydrogen (secondary N) is 1.